The quantitative estimate of drug-likeness (QED) is 0.724. The number of imidazole rings is 1. The Bertz CT molecular complexity index is 771. The number of hydrogen-bond donors (Lipinski definition) is 1. The number of benzene rings is 1. The Kier molecular flexibility index (Phi) is 2.52. The minimum atomic E-state index is 0.692. The topological polar surface area (TPSA) is 56.7 Å². The molecule has 0 atom stereocenters. The van der Waals surface area contributed by atoms with Crippen LogP contribution in [0.2, 0.25) is 0 Å². The standard InChI is InChI=1S/C15H16N4/c1-9-4-5-11-8-12(6-7-13(11)17-9)14-15(16)19(3)10(2)18-14/h4-8H,16H2,1-3H3. The second-order valence-corrected chi connectivity index (χ2v) is 4.81. The molecule has 0 bridgehead atoms. The number of fused-ring (bicyclic) bond motifs is 1. The molecule has 0 spiro atoms. The largest absolute Gasteiger partial charge is 0.383 e. The van der Waals surface area contributed by atoms with Crippen molar-refractivity contribution in [3.63, 3.8) is 0 Å². The van der Waals surface area contributed by atoms with Gasteiger partial charge in [-0.05, 0) is 32.0 Å². The Morgan fingerprint density at radius 3 is 2.53 bits per heavy atom. The van der Waals surface area contributed by atoms with Gasteiger partial charge in [0.15, 0.2) is 0 Å². The van der Waals surface area contributed by atoms with Crippen LogP contribution in [0.25, 0.3) is 22.2 Å². The maximum absolute atomic E-state index is 6.09. The van der Waals surface area contributed by atoms with Gasteiger partial charge in [-0.1, -0.05) is 12.1 Å². The van der Waals surface area contributed by atoms with E-state index in [4.69, 9.17) is 5.73 Å². The van der Waals surface area contributed by atoms with E-state index in [1.54, 1.807) is 0 Å². The molecule has 96 valence electrons. The van der Waals surface area contributed by atoms with Gasteiger partial charge in [0, 0.05) is 23.7 Å². The highest BCUT2D eigenvalue weighted by Gasteiger charge is 2.11. The Labute approximate surface area is 111 Å². The molecule has 0 aliphatic carbocycles. The van der Waals surface area contributed by atoms with E-state index >= 15 is 0 Å². The van der Waals surface area contributed by atoms with Crippen LogP contribution in [0.1, 0.15) is 11.5 Å². The van der Waals surface area contributed by atoms with E-state index in [9.17, 15) is 0 Å². The fourth-order valence-electron chi connectivity index (χ4n) is 2.21. The molecule has 0 aliphatic heterocycles. The fourth-order valence-corrected chi connectivity index (χ4v) is 2.21. The lowest BCUT2D eigenvalue weighted by molar-refractivity contribution is 0.868. The molecule has 2 N–H and O–H groups in total. The normalized spacial score (nSPS) is 11.1. The summed E-state index contributed by atoms with van der Waals surface area (Å²) in [6.07, 6.45) is 0. The van der Waals surface area contributed by atoms with Crippen molar-refractivity contribution >= 4 is 16.7 Å². The zero-order valence-corrected chi connectivity index (χ0v) is 11.3. The van der Waals surface area contributed by atoms with Crippen LogP contribution in [0.15, 0.2) is 30.3 Å². The maximum atomic E-state index is 6.09. The molecule has 4 heteroatoms. The number of nitrogens with zero attached hydrogens (tertiary/aromatic N) is 3. The Balaban J connectivity index is 2.20. The Hall–Kier alpha value is -2.36. The third-order valence-corrected chi connectivity index (χ3v) is 3.46. The molecular formula is C15H16N4. The van der Waals surface area contributed by atoms with E-state index in [1.165, 1.54) is 0 Å². The zero-order valence-electron chi connectivity index (χ0n) is 11.3. The minimum Gasteiger partial charge on any atom is -0.383 e. The number of aryl methyl sites for hydroxylation is 2. The SMILES string of the molecule is Cc1ccc2cc(-c3nc(C)n(C)c3N)ccc2n1. The summed E-state index contributed by atoms with van der Waals surface area (Å²) in [5.74, 6) is 1.60. The van der Waals surface area contributed by atoms with Gasteiger partial charge >= 0.3 is 0 Å². The molecule has 0 saturated carbocycles. The molecule has 0 aliphatic rings. The van der Waals surface area contributed by atoms with Crippen molar-refractivity contribution in [2.45, 2.75) is 13.8 Å². The molecule has 3 rings (SSSR count). The second-order valence-electron chi connectivity index (χ2n) is 4.81. The van der Waals surface area contributed by atoms with Crippen LogP contribution in [-0.4, -0.2) is 14.5 Å². The minimum absolute atomic E-state index is 0.692. The summed E-state index contributed by atoms with van der Waals surface area (Å²) >= 11 is 0. The van der Waals surface area contributed by atoms with Crippen molar-refractivity contribution in [3.05, 3.63) is 41.9 Å². The number of nitrogens with two attached hydrogens (primary N) is 1. The van der Waals surface area contributed by atoms with Gasteiger partial charge in [0.25, 0.3) is 0 Å². The van der Waals surface area contributed by atoms with Crippen LogP contribution >= 0.6 is 0 Å². The van der Waals surface area contributed by atoms with E-state index in [1.807, 2.05) is 43.7 Å². The smallest absolute Gasteiger partial charge is 0.131 e. The number of aromatic nitrogens is 3. The van der Waals surface area contributed by atoms with E-state index in [0.29, 0.717) is 5.82 Å². The number of rotatable bonds is 1. The van der Waals surface area contributed by atoms with E-state index in [0.717, 1.165) is 33.7 Å². The lowest BCUT2D eigenvalue weighted by atomic mass is 10.1. The molecule has 3 aromatic rings. The van der Waals surface area contributed by atoms with Crippen molar-refractivity contribution < 1.29 is 0 Å². The van der Waals surface area contributed by atoms with Crippen molar-refractivity contribution in [3.8, 4) is 11.3 Å². The first-order valence-corrected chi connectivity index (χ1v) is 6.23. The maximum Gasteiger partial charge on any atom is 0.131 e. The van der Waals surface area contributed by atoms with Crippen LogP contribution < -0.4 is 5.73 Å². The van der Waals surface area contributed by atoms with Gasteiger partial charge in [0.1, 0.15) is 17.3 Å². The molecule has 4 nitrogen and oxygen atoms in total. The molecule has 0 radical (unpaired) electrons. The lowest BCUT2D eigenvalue weighted by Crippen LogP contribution is -1.98. The molecule has 19 heavy (non-hydrogen) atoms. The van der Waals surface area contributed by atoms with Crippen LogP contribution in [0.3, 0.4) is 0 Å². The van der Waals surface area contributed by atoms with Crippen LogP contribution in [-0.2, 0) is 7.05 Å². The molecule has 0 fully saturated rings. The predicted molar refractivity (Wildman–Crippen MR) is 77.8 cm³/mol. The third-order valence-electron chi connectivity index (χ3n) is 3.46. The highest BCUT2D eigenvalue weighted by molar-refractivity contribution is 5.85. The molecule has 1 aromatic carbocycles. The molecule has 0 unspecified atom stereocenters. The van der Waals surface area contributed by atoms with Gasteiger partial charge in [-0.3, -0.25) is 4.98 Å². The van der Waals surface area contributed by atoms with Gasteiger partial charge in [0.2, 0.25) is 0 Å². The van der Waals surface area contributed by atoms with Gasteiger partial charge in [-0.25, -0.2) is 4.98 Å². The monoisotopic (exact) mass is 252 g/mol. The average molecular weight is 252 g/mol. The summed E-state index contributed by atoms with van der Waals surface area (Å²) in [6, 6.07) is 10.2. The van der Waals surface area contributed by atoms with Gasteiger partial charge in [-0.15, -0.1) is 0 Å². The summed E-state index contributed by atoms with van der Waals surface area (Å²) in [5.41, 5.74) is 9.97. The van der Waals surface area contributed by atoms with Gasteiger partial charge in [-0.2, -0.15) is 0 Å². The first-order chi connectivity index (χ1) is 9.06. The first kappa shape index (κ1) is 11.7. The third kappa shape index (κ3) is 1.85. The lowest BCUT2D eigenvalue weighted by Gasteiger charge is -2.03. The Morgan fingerprint density at radius 1 is 1.05 bits per heavy atom. The molecule has 0 amide bonds. The second kappa shape index (κ2) is 4.09. The van der Waals surface area contributed by atoms with Crippen LogP contribution in [0, 0.1) is 13.8 Å². The molecule has 2 heterocycles. The van der Waals surface area contributed by atoms with Crippen LogP contribution in [0.4, 0.5) is 5.82 Å². The average Bonchev–Trinajstić information content (AvgIpc) is 2.66. The zero-order chi connectivity index (χ0) is 13.6. The summed E-state index contributed by atoms with van der Waals surface area (Å²) in [5, 5.41) is 1.10. The number of anilines is 1. The van der Waals surface area contributed by atoms with Crippen molar-refractivity contribution in [2.75, 3.05) is 5.73 Å². The molecule has 2 aromatic heterocycles. The van der Waals surface area contributed by atoms with Crippen LogP contribution in [0.5, 0.6) is 0 Å². The molecular weight excluding hydrogens is 236 g/mol. The van der Waals surface area contributed by atoms with E-state index in [2.05, 4.69) is 22.1 Å². The number of pyridine rings is 1. The summed E-state index contributed by atoms with van der Waals surface area (Å²) in [7, 11) is 1.92. The number of hydrogen-bond acceptors (Lipinski definition) is 3. The molecule has 0 saturated heterocycles. The summed E-state index contributed by atoms with van der Waals surface area (Å²) in [6.45, 7) is 3.94. The predicted octanol–water partition coefficient (Wildman–Crippen LogP) is 2.83. The highest BCUT2D eigenvalue weighted by Crippen LogP contribution is 2.27. The summed E-state index contributed by atoms with van der Waals surface area (Å²) < 4.78 is 1.90. The van der Waals surface area contributed by atoms with E-state index < -0.39 is 0 Å². The first-order valence-electron chi connectivity index (χ1n) is 6.23. The van der Waals surface area contributed by atoms with Crippen molar-refractivity contribution in [2.24, 2.45) is 7.05 Å². The fraction of sp³-hybridized carbons (Fsp3) is 0.200. The number of nitrogen functional groups attached to an aromatic ring is 1. The van der Waals surface area contributed by atoms with Gasteiger partial charge < -0.3 is 10.3 Å². The highest BCUT2D eigenvalue weighted by atomic mass is 15.1. The Morgan fingerprint density at radius 2 is 1.84 bits per heavy atom. The van der Waals surface area contributed by atoms with E-state index in [-0.39, 0.29) is 0 Å². The van der Waals surface area contributed by atoms with Gasteiger partial charge in [0.05, 0.1) is 5.52 Å². The van der Waals surface area contributed by atoms with Crippen molar-refractivity contribution in [1.82, 2.24) is 14.5 Å². The summed E-state index contributed by atoms with van der Waals surface area (Å²) in [4.78, 5) is 9.02. The van der Waals surface area contributed by atoms with Crippen molar-refractivity contribution in [1.29, 1.82) is 0 Å².